The van der Waals surface area contributed by atoms with Gasteiger partial charge in [-0.15, -0.1) is 0 Å². The van der Waals surface area contributed by atoms with Crippen LogP contribution in [0.2, 0.25) is 0 Å². The average Bonchev–Trinajstić information content (AvgIpc) is 2.54. The first kappa shape index (κ1) is 16.6. The second kappa shape index (κ2) is 7.49. The third-order valence-electron chi connectivity index (χ3n) is 3.06. The van der Waals surface area contributed by atoms with Crippen molar-refractivity contribution < 1.29 is 14.0 Å². The molecule has 0 saturated carbocycles. The Kier molecular flexibility index (Phi) is 5.41. The number of para-hydroxylation sites is 1. The molecule has 23 heavy (non-hydrogen) atoms. The smallest absolute Gasteiger partial charge is 0.257 e. The zero-order valence-corrected chi connectivity index (χ0v) is 13.0. The summed E-state index contributed by atoms with van der Waals surface area (Å²) in [6, 6.07) is 7.29. The number of amides is 2. The quantitative estimate of drug-likeness (QED) is 0.891. The van der Waals surface area contributed by atoms with Crippen molar-refractivity contribution in [1.29, 1.82) is 0 Å². The molecule has 5 nitrogen and oxygen atoms in total. The summed E-state index contributed by atoms with van der Waals surface area (Å²) >= 11 is 0. The summed E-state index contributed by atoms with van der Waals surface area (Å²) in [5.74, 6) is -1.04. The van der Waals surface area contributed by atoms with Gasteiger partial charge in [0.05, 0.1) is 16.8 Å². The number of hydrogen-bond acceptors (Lipinski definition) is 3. The van der Waals surface area contributed by atoms with E-state index < -0.39 is 11.7 Å². The molecular weight excluding hydrogens is 297 g/mol. The molecule has 0 saturated heterocycles. The van der Waals surface area contributed by atoms with Crippen LogP contribution in [0.1, 0.15) is 34.6 Å². The number of hydrogen-bond donors (Lipinski definition) is 2. The molecule has 2 rings (SSSR count). The van der Waals surface area contributed by atoms with Crippen molar-refractivity contribution in [2.45, 2.75) is 13.8 Å². The Balaban J connectivity index is 2.11. The van der Waals surface area contributed by atoms with Gasteiger partial charge in [-0.1, -0.05) is 26.0 Å². The molecule has 2 N–H and O–H groups in total. The highest BCUT2D eigenvalue weighted by Crippen LogP contribution is 2.14. The molecule has 1 aromatic carbocycles. The fourth-order valence-electron chi connectivity index (χ4n) is 1.84. The summed E-state index contributed by atoms with van der Waals surface area (Å²) in [5.41, 5.74) is 0.546. The number of pyridine rings is 1. The second-order valence-corrected chi connectivity index (χ2v) is 5.50. The maximum Gasteiger partial charge on any atom is 0.257 e. The van der Waals surface area contributed by atoms with Crippen LogP contribution in [0.15, 0.2) is 42.7 Å². The second-order valence-electron chi connectivity index (χ2n) is 5.50. The normalized spacial score (nSPS) is 10.4. The first-order valence-corrected chi connectivity index (χ1v) is 7.26. The van der Waals surface area contributed by atoms with Crippen LogP contribution in [0.5, 0.6) is 0 Å². The SMILES string of the molecule is CC(C)CNC(=O)c1cncc(C(=O)Nc2ccccc2F)c1. The molecule has 0 atom stereocenters. The lowest BCUT2D eigenvalue weighted by atomic mass is 10.1. The standard InChI is InChI=1S/C17H18FN3O2/c1-11(2)8-20-16(22)12-7-13(10-19-9-12)17(23)21-15-6-4-3-5-14(15)18/h3-7,9-11H,8H2,1-2H3,(H,20,22)(H,21,23). The molecule has 0 aliphatic heterocycles. The number of halogens is 1. The fourth-order valence-corrected chi connectivity index (χ4v) is 1.84. The summed E-state index contributed by atoms with van der Waals surface area (Å²) < 4.78 is 13.6. The van der Waals surface area contributed by atoms with Crippen molar-refractivity contribution >= 4 is 17.5 Å². The van der Waals surface area contributed by atoms with E-state index in [0.29, 0.717) is 12.5 Å². The number of nitrogens with zero attached hydrogens (tertiary/aromatic N) is 1. The van der Waals surface area contributed by atoms with Crippen molar-refractivity contribution in [2.24, 2.45) is 5.92 Å². The summed E-state index contributed by atoms with van der Waals surface area (Å²) in [5, 5.41) is 5.21. The van der Waals surface area contributed by atoms with Crippen LogP contribution in [0, 0.1) is 11.7 Å². The minimum atomic E-state index is -0.528. The fraction of sp³-hybridized carbons (Fsp3) is 0.235. The number of carbonyl (C=O) groups excluding carboxylic acids is 2. The van der Waals surface area contributed by atoms with Crippen LogP contribution in [0.25, 0.3) is 0 Å². The van der Waals surface area contributed by atoms with E-state index in [0.717, 1.165) is 0 Å². The third-order valence-corrected chi connectivity index (χ3v) is 3.06. The van der Waals surface area contributed by atoms with E-state index in [9.17, 15) is 14.0 Å². The Morgan fingerprint density at radius 2 is 1.78 bits per heavy atom. The van der Waals surface area contributed by atoms with Gasteiger partial charge in [0.2, 0.25) is 0 Å². The van der Waals surface area contributed by atoms with Gasteiger partial charge in [0.25, 0.3) is 11.8 Å². The zero-order chi connectivity index (χ0) is 16.8. The van der Waals surface area contributed by atoms with Crippen LogP contribution in [0.4, 0.5) is 10.1 Å². The zero-order valence-electron chi connectivity index (χ0n) is 13.0. The number of carbonyl (C=O) groups is 2. The Labute approximate surface area is 133 Å². The number of nitrogens with one attached hydrogen (secondary N) is 2. The highest BCUT2D eigenvalue weighted by atomic mass is 19.1. The van der Waals surface area contributed by atoms with E-state index >= 15 is 0 Å². The van der Waals surface area contributed by atoms with Crippen molar-refractivity contribution in [3.63, 3.8) is 0 Å². The van der Waals surface area contributed by atoms with Gasteiger partial charge in [0.1, 0.15) is 5.82 Å². The lowest BCUT2D eigenvalue weighted by Crippen LogP contribution is -2.27. The Morgan fingerprint density at radius 3 is 2.43 bits per heavy atom. The van der Waals surface area contributed by atoms with E-state index in [1.807, 2.05) is 13.8 Å². The lowest BCUT2D eigenvalue weighted by molar-refractivity contribution is 0.0948. The molecule has 0 radical (unpaired) electrons. The minimum absolute atomic E-state index is 0.0761. The summed E-state index contributed by atoms with van der Waals surface area (Å²) in [6.45, 7) is 4.50. The maximum absolute atomic E-state index is 13.6. The number of benzene rings is 1. The lowest BCUT2D eigenvalue weighted by Gasteiger charge is -2.09. The van der Waals surface area contributed by atoms with Gasteiger partial charge in [-0.25, -0.2) is 4.39 Å². The van der Waals surface area contributed by atoms with E-state index in [1.54, 1.807) is 6.07 Å². The number of anilines is 1. The molecule has 0 fully saturated rings. The van der Waals surface area contributed by atoms with Gasteiger partial charge < -0.3 is 10.6 Å². The first-order chi connectivity index (χ1) is 11.0. The van der Waals surface area contributed by atoms with E-state index in [2.05, 4.69) is 15.6 Å². The molecule has 2 aromatic rings. The van der Waals surface area contributed by atoms with E-state index in [-0.39, 0.29) is 22.7 Å². The summed E-state index contributed by atoms with van der Waals surface area (Å²) in [7, 11) is 0. The Bertz CT molecular complexity index is 716. The van der Waals surface area contributed by atoms with Crippen LogP contribution in [-0.2, 0) is 0 Å². The molecule has 0 unspecified atom stereocenters. The Hall–Kier alpha value is -2.76. The molecule has 6 heteroatoms. The molecule has 1 heterocycles. The number of aromatic nitrogens is 1. The summed E-state index contributed by atoms with van der Waals surface area (Å²) in [6.07, 6.45) is 2.71. The third kappa shape index (κ3) is 4.60. The van der Waals surface area contributed by atoms with Crippen LogP contribution < -0.4 is 10.6 Å². The van der Waals surface area contributed by atoms with Crippen LogP contribution >= 0.6 is 0 Å². The molecule has 1 aromatic heterocycles. The molecule has 0 spiro atoms. The molecule has 120 valence electrons. The average molecular weight is 315 g/mol. The maximum atomic E-state index is 13.6. The van der Waals surface area contributed by atoms with Crippen molar-refractivity contribution in [3.05, 3.63) is 59.7 Å². The van der Waals surface area contributed by atoms with Gasteiger partial charge in [-0.05, 0) is 24.1 Å². The largest absolute Gasteiger partial charge is 0.352 e. The summed E-state index contributed by atoms with van der Waals surface area (Å²) in [4.78, 5) is 28.1. The van der Waals surface area contributed by atoms with Gasteiger partial charge in [-0.2, -0.15) is 0 Å². The van der Waals surface area contributed by atoms with Gasteiger partial charge in [0, 0.05) is 18.9 Å². The van der Waals surface area contributed by atoms with Crippen molar-refractivity contribution in [2.75, 3.05) is 11.9 Å². The molecule has 0 aliphatic carbocycles. The number of rotatable bonds is 5. The molecular formula is C17H18FN3O2. The topological polar surface area (TPSA) is 71.1 Å². The Morgan fingerprint density at radius 1 is 1.13 bits per heavy atom. The van der Waals surface area contributed by atoms with Gasteiger partial charge in [0.15, 0.2) is 0 Å². The van der Waals surface area contributed by atoms with E-state index in [4.69, 9.17) is 0 Å². The van der Waals surface area contributed by atoms with Crippen LogP contribution in [-0.4, -0.2) is 23.3 Å². The van der Waals surface area contributed by atoms with Crippen molar-refractivity contribution in [1.82, 2.24) is 10.3 Å². The monoisotopic (exact) mass is 315 g/mol. The minimum Gasteiger partial charge on any atom is -0.352 e. The highest BCUT2D eigenvalue weighted by molar-refractivity contribution is 6.05. The predicted octanol–water partition coefficient (Wildman–Crippen LogP) is 2.86. The predicted molar refractivity (Wildman–Crippen MR) is 85.8 cm³/mol. The van der Waals surface area contributed by atoms with Gasteiger partial charge in [-0.3, -0.25) is 14.6 Å². The first-order valence-electron chi connectivity index (χ1n) is 7.26. The molecule has 0 bridgehead atoms. The van der Waals surface area contributed by atoms with E-state index in [1.165, 1.54) is 36.7 Å². The highest BCUT2D eigenvalue weighted by Gasteiger charge is 2.13. The van der Waals surface area contributed by atoms with Crippen LogP contribution in [0.3, 0.4) is 0 Å². The van der Waals surface area contributed by atoms with Gasteiger partial charge >= 0.3 is 0 Å². The molecule has 0 aliphatic rings. The molecule has 2 amide bonds. The van der Waals surface area contributed by atoms with Crippen molar-refractivity contribution in [3.8, 4) is 0 Å².